The van der Waals surface area contributed by atoms with E-state index >= 15 is 0 Å². The molecule has 1 atom stereocenters. The maximum atomic E-state index is 11.4. The molecule has 0 aromatic heterocycles. The van der Waals surface area contributed by atoms with Gasteiger partial charge in [-0.05, 0) is 19.1 Å². The SMILES string of the molecule is COc1ccc(NC(=O)[C@@H](C)Cl)cc1OC. The van der Waals surface area contributed by atoms with Crippen molar-refractivity contribution < 1.29 is 14.3 Å². The molecule has 4 nitrogen and oxygen atoms in total. The van der Waals surface area contributed by atoms with Gasteiger partial charge in [-0.15, -0.1) is 11.6 Å². The van der Waals surface area contributed by atoms with Gasteiger partial charge < -0.3 is 14.8 Å². The molecular weight excluding hydrogens is 230 g/mol. The third kappa shape index (κ3) is 3.03. The minimum atomic E-state index is -0.576. The topological polar surface area (TPSA) is 47.6 Å². The van der Waals surface area contributed by atoms with Gasteiger partial charge in [0.25, 0.3) is 0 Å². The number of ether oxygens (including phenoxy) is 2. The highest BCUT2D eigenvalue weighted by Gasteiger charge is 2.11. The van der Waals surface area contributed by atoms with E-state index in [0.29, 0.717) is 17.2 Å². The minimum absolute atomic E-state index is 0.256. The number of carbonyl (C=O) groups excluding carboxylic acids is 1. The summed E-state index contributed by atoms with van der Waals surface area (Å²) in [7, 11) is 3.09. The van der Waals surface area contributed by atoms with Gasteiger partial charge in [0.2, 0.25) is 5.91 Å². The van der Waals surface area contributed by atoms with Crippen LogP contribution in [0.2, 0.25) is 0 Å². The zero-order chi connectivity index (χ0) is 12.1. The minimum Gasteiger partial charge on any atom is -0.493 e. The van der Waals surface area contributed by atoms with Crippen molar-refractivity contribution >= 4 is 23.2 Å². The predicted octanol–water partition coefficient (Wildman–Crippen LogP) is 2.27. The maximum Gasteiger partial charge on any atom is 0.242 e. The number of alkyl halides is 1. The number of rotatable bonds is 4. The smallest absolute Gasteiger partial charge is 0.242 e. The first kappa shape index (κ1) is 12.6. The van der Waals surface area contributed by atoms with Gasteiger partial charge >= 0.3 is 0 Å². The lowest BCUT2D eigenvalue weighted by molar-refractivity contribution is -0.115. The van der Waals surface area contributed by atoms with Crippen molar-refractivity contribution in [1.29, 1.82) is 0 Å². The van der Waals surface area contributed by atoms with Crippen molar-refractivity contribution in [2.45, 2.75) is 12.3 Å². The number of carbonyl (C=O) groups is 1. The fraction of sp³-hybridized carbons (Fsp3) is 0.364. The van der Waals surface area contributed by atoms with Crippen molar-refractivity contribution in [3.05, 3.63) is 18.2 Å². The van der Waals surface area contributed by atoms with Crippen molar-refractivity contribution in [2.75, 3.05) is 19.5 Å². The summed E-state index contributed by atoms with van der Waals surface area (Å²) in [5.41, 5.74) is 0.621. The molecule has 1 rings (SSSR count). The summed E-state index contributed by atoms with van der Waals surface area (Å²) < 4.78 is 10.2. The molecule has 0 aliphatic carbocycles. The Balaban J connectivity index is 2.87. The first-order valence-electron chi connectivity index (χ1n) is 4.75. The molecule has 0 saturated carbocycles. The molecule has 0 saturated heterocycles. The van der Waals surface area contributed by atoms with Crippen LogP contribution in [0, 0.1) is 0 Å². The number of nitrogens with one attached hydrogen (secondary N) is 1. The van der Waals surface area contributed by atoms with Gasteiger partial charge in [0.1, 0.15) is 5.38 Å². The molecule has 16 heavy (non-hydrogen) atoms. The summed E-state index contributed by atoms with van der Waals surface area (Å²) in [4.78, 5) is 11.4. The van der Waals surface area contributed by atoms with Gasteiger partial charge in [0, 0.05) is 11.8 Å². The van der Waals surface area contributed by atoms with Crippen LogP contribution in [-0.2, 0) is 4.79 Å². The Kier molecular flexibility index (Phi) is 4.43. The molecule has 0 unspecified atom stereocenters. The molecule has 0 aliphatic heterocycles. The number of methoxy groups -OCH3 is 2. The summed E-state index contributed by atoms with van der Waals surface area (Å²) in [6, 6.07) is 5.11. The number of hydrogen-bond donors (Lipinski definition) is 1. The summed E-state index contributed by atoms with van der Waals surface area (Å²) in [5.74, 6) is 0.913. The first-order chi connectivity index (χ1) is 7.58. The molecule has 1 aromatic rings. The Labute approximate surface area is 99.5 Å². The fourth-order valence-corrected chi connectivity index (χ4v) is 1.21. The van der Waals surface area contributed by atoms with E-state index in [1.54, 1.807) is 32.2 Å². The van der Waals surface area contributed by atoms with E-state index in [2.05, 4.69) is 5.32 Å². The van der Waals surface area contributed by atoms with Crippen LogP contribution in [0.1, 0.15) is 6.92 Å². The van der Waals surface area contributed by atoms with E-state index in [1.807, 2.05) is 0 Å². The van der Waals surface area contributed by atoms with Crippen LogP contribution in [0.25, 0.3) is 0 Å². The Morgan fingerprint density at radius 3 is 2.44 bits per heavy atom. The van der Waals surface area contributed by atoms with Crippen molar-refractivity contribution in [3.63, 3.8) is 0 Å². The Bertz CT molecular complexity index is 379. The van der Waals surface area contributed by atoms with Gasteiger partial charge in [-0.25, -0.2) is 0 Å². The largest absolute Gasteiger partial charge is 0.493 e. The quantitative estimate of drug-likeness (QED) is 0.826. The zero-order valence-corrected chi connectivity index (χ0v) is 10.2. The third-order valence-corrected chi connectivity index (χ3v) is 2.21. The van der Waals surface area contributed by atoms with Crippen molar-refractivity contribution in [2.24, 2.45) is 0 Å². The van der Waals surface area contributed by atoms with Crippen LogP contribution in [0.4, 0.5) is 5.69 Å². The molecule has 0 fully saturated rings. The molecule has 0 heterocycles. The summed E-state index contributed by atoms with van der Waals surface area (Å²) in [6.07, 6.45) is 0. The van der Waals surface area contributed by atoms with E-state index in [4.69, 9.17) is 21.1 Å². The molecule has 1 N–H and O–H groups in total. The maximum absolute atomic E-state index is 11.4. The van der Waals surface area contributed by atoms with E-state index in [-0.39, 0.29) is 5.91 Å². The summed E-state index contributed by atoms with van der Waals surface area (Å²) in [6.45, 7) is 1.61. The van der Waals surface area contributed by atoms with E-state index in [1.165, 1.54) is 7.11 Å². The van der Waals surface area contributed by atoms with Crippen LogP contribution in [-0.4, -0.2) is 25.5 Å². The zero-order valence-electron chi connectivity index (χ0n) is 9.41. The number of hydrogen-bond acceptors (Lipinski definition) is 3. The molecule has 0 bridgehead atoms. The highest BCUT2D eigenvalue weighted by molar-refractivity contribution is 6.32. The summed E-state index contributed by atoms with van der Waals surface area (Å²) >= 11 is 5.64. The average molecular weight is 244 g/mol. The van der Waals surface area contributed by atoms with Gasteiger partial charge in [-0.1, -0.05) is 0 Å². The van der Waals surface area contributed by atoms with E-state index in [9.17, 15) is 4.79 Å². The lowest BCUT2D eigenvalue weighted by Gasteiger charge is -2.11. The second-order valence-corrected chi connectivity index (χ2v) is 3.83. The van der Waals surface area contributed by atoms with Crippen molar-refractivity contribution in [1.82, 2.24) is 0 Å². The molecule has 1 amide bonds. The Morgan fingerprint density at radius 2 is 1.94 bits per heavy atom. The molecule has 88 valence electrons. The Morgan fingerprint density at radius 1 is 1.31 bits per heavy atom. The number of amides is 1. The van der Waals surface area contributed by atoms with Crippen LogP contribution < -0.4 is 14.8 Å². The fourth-order valence-electron chi connectivity index (χ4n) is 1.16. The van der Waals surface area contributed by atoms with Crippen LogP contribution in [0.5, 0.6) is 11.5 Å². The molecular formula is C11H14ClNO3. The number of halogens is 1. The van der Waals surface area contributed by atoms with Crippen molar-refractivity contribution in [3.8, 4) is 11.5 Å². The monoisotopic (exact) mass is 243 g/mol. The molecule has 0 aliphatic rings. The van der Waals surface area contributed by atoms with E-state index in [0.717, 1.165) is 0 Å². The average Bonchev–Trinajstić information content (AvgIpc) is 2.28. The number of anilines is 1. The van der Waals surface area contributed by atoms with Gasteiger partial charge in [0.05, 0.1) is 14.2 Å². The van der Waals surface area contributed by atoms with Crippen LogP contribution in [0.3, 0.4) is 0 Å². The second-order valence-electron chi connectivity index (χ2n) is 3.18. The summed E-state index contributed by atoms with van der Waals surface area (Å²) in [5, 5.41) is 2.09. The predicted molar refractivity (Wildman–Crippen MR) is 63.5 cm³/mol. The van der Waals surface area contributed by atoms with Crippen LogP contribution in [0.15, 0.2) is 18.2 Å². The van der Waals surface area contributed by atoms with Gasteiger partial charge in [0.15, 0.2) is 11.5 Å². The highest BCUT2D eigenvalue weighted by Crippen LogP contribution is 2.29. The molecule has 0 spiro atoms. The molecule has 5 heteroatoms. The molecule has 0 radical (unpaired) electrons. The Hall–Kier alpha value is -1.42. The van der Waals surface area contributed by atoms with E-state index < -0.39 is 5.38 Å². The normalized spacial score (nSPS) is 11.8. The van der Waals surface area contributed by atoms with Gasteiger partial charge in [-0.3, -0.25) is 4.79 Å². The molecule has 1 aromatic carbocycles. The standard InChI is InChI=1S/C11H14ClNO3/c1-7(12)11(14)13-8-4-5-9(15-2)10(6-8)16-3/h4-7H,1-3H3,(H,13,14)/t7-/m1/s1. The number of benzene rings is 1. The first-order valence-corrected chi connectivity index (χ1v) is 5.19. The third-order valence-electron chi connectivity index (χ3n) is 2.01. The second kappa shape index (κ2) is 5.61. The van der Waals surface area contributed by atoms with Gasteiger partial charge in [-0.2, -0.15) is 0 Å². The lowest BCUT2D eigenvalue weighted by atomic mass is 10.2. The lowest BCUT2D eigenvalue weighted by Crippen LogP contribution is -2.20. The highest BCUT2D eigenvalue weighted by atomic mass is 35.5. The van der Waals surface area contributed by atoms with Crippen LogP contribution >= 0.6 is 11.6 Å².